The second-order valence-corrected chi connectivity index (χ2v) is 5.72. The lowest BCUT2D eigenvalue weighted by molar-refractivity contribution is 0.411. The van der Waals surface area contributed by atoms with Crippen LogP contribution >= 0.6 is 0 Å². The van der Waals surface area contributed by atoms with Crippen LogP contribution in [0.15, 0.2) is 24.4 Å². The van der Waals surface area contributed by atoms with Gasteiger partial charge < -0.3 is 9.84 Å². The molecule has 0 bridgehead atoms. The van der Waals surface area contributed by atoms with Crippen LogP contribution in [-0.4, -0.2) is 26.6 Å². The molecule has 1 N–H and O–H groups in total. The predicted molar refractivity (Wildman–Crippen MR) is 83.2 cm³/mol. The van der Waals surface area contributed by atoms with Crippen molar-refractivity contribution in [2.24, 2.45) is 0 Å². The van der Waals surface area contributed by atoms with Gasteiger partial charge in [-0.05, 0) is 37.8 Å². The third kappa shape index (κ3) is 2.21. The highest BCUT2D eigenvalue weighted by Gasteiger charge is 2.21. The fraction of sp³-hybridized carbons (Fsp3) is 0.294. The highest BCUT2D eigenvalue weighted by atomic mass is 19.1. The first-order chi connectivity index (χ1) is 11.2. The fourth-order valence-corrected chi connectivity index (χ4v) is 3.18. The van der Waals surface area contributed by atoms with E-state index in [0.29, 0.717) is 22.7 Å². The van der Waals surface area contributed by atoms with Gasteiger partial charge in [0.25, 0.3) is 0 Å². The average molecular weight is 313 g/mol. The maximum absolute atomic E-state index is 13.8. The van der Waals surface area contributed by atoms with E-state index in [1.54, 1.807) is 16.7 Å². The molecule has 1 aliphatic carbocycles. The molecule has 3 aromatic rings. The van der Waals surface area contributed by atoms with Crippen molar-refractivity contribution in [1.82, 2.24) is 14.4 Å². The van der Waals surface area contributed by atoms with Crippen molar-refractivity contribution >= 4 is 5.65 Å². The van der Waals surface area contributed by atoms with E-state index >= 15 is 0 Å². The van der Waals surface area contributed by atoms with Crippen molar-refractivity contribution in [1.29, 1.82) is 0 Å². The van der Waals surface area contributed by atoms with E-state index in [9.17, 15) is 9.50 Å². The number of nitrogens with zero attached hydrogens (tertiary/aromatic N) is 3. The van der Waals surface area contributed by atoms with Crippen molar-refractivity contribution in [2.45, 2.75) is 25.7 Å². The van der Waals surface area contributed by atoms with Crippen LogP contribution in [0.4, 0.5) is 4.39 Å². The molecular weight excluding hydrogens is 297 g/mol. The van der Waals surface area contributed by atoms with Crippen LogP contribution in [0.1, 0.15) is 24.2 Å². The Morgan fingerprint density at radius 2 is 2.04 bits per heavy atom. The number of halogens is 1. The normalized spacial score (nSPS) is 14.0. The SMILES string of the molecule is COc1cc(F)cc(-c2nc3cnc4c(n3c2O)CCCC4)c1. The number of fused-ring (bicyclic) bond motifs is 3. The molecule has 0 radical (unpaired) electrons. The number of rotatable bonds is 2. The summed E-state index contributed by atoms with van der Waals surface area (Å²) in [6, 6.07) is 4.29. The second kappa shape index (κ2) is 5.22. The Morgan fingerprint density at radius 3 is 2.87 bits per heavy atom. The molecule has 23 heavy (non-hydrogen) atoms. The van der Waals surface area contributed by atoms with E-state index < -0.39 is 5.82 Å². The van der Waals surface area contributed by atoms with Crippen LogP contribution in [0.5, 0.6) is 11.6 Å². The number of hydrogen-bond donors (Lipinski definition) is 1. The van der Waals surface area contributed by atoms with Gasteiger partial charge in [-0.25, -0.2) is 9.37 Å². The standard InChI is InChI=1S/C17H16FN3O2/c1-23-12-7-10(6-11(18)8-12)16-17(22)21-14-5-3-2-4-13(14)19-9-15(21)20-16/h6-9,22H,2-5H2,1H3. The quantitative estimate of drug-likeness (QED) is 0.789. The van der Waals surface area contributed by atoms with Gasteiger partial charge in [-0.15, -0.1) is 0 Å². The number of benzene rings is 1. The summed E-state index contributed by atoms with van der Waals surface area (Å²) in [6.45, 7) is 0. The monoisotopic (exact) mass is 313 g/mol. The molecule has 0 unspecified atom stereocenters. The summed E-state index contributed by atoms with van der Waals surface area (Å²) in [5.41, 5.74) is 3.38. The van der Waals surface area contributed by atoms with Crippen LogP contribution in [0.2, 0.25) is 0 Å². The molecule has 6 heteroatoms. The lowest BCUT2D eigenvalue weighted by atomic mass is 10.0. The Kier molecular flexibility index (Phi) is 3.18. The number of aromatic nitrogens is 3. The molecule has 2 heterocycles. The molecule has 0 atom stereocenters. The highest BCUT2D eigenvalue weighted by Crippen LogP contribution is 2.34. The van der Waals surface area contributed by atoms with Gasteiger partial charge in [0.15, 0.2) is 5.65 Å². The summed E-state index contributed by atoms with van der Waals surface area (Å²) in [4.78, 5) is 8.89. The smallest absolute Gasteiger partial charge is 0.224 e. The van der Waals surface area contributed by atoms with Crippen molar-refractivity contribution < 1.29 is 14.2 Å². The summed E-state index contributed by atoms with van der Waals surface area (Å²) in [6.07, 6.45) is 5.59. The first-order valence-corrected chi connectivity index (χ1v) is 7.60. The molecule has 118 valence electrons. The maximum atomic E-state index is 13.8. The molecule has 5 nitrogen and oxygen atoms in total. The Morgan fingerprint density at radius 1 is 1.22 bits per heavy atom. The highest BCUT2D eigenvalue weighted by molar-refractivity contribution is 5.70. The number of ether oxygens (including phenoxy) is 1. The van der Waals surface area contributed by atoms with E-state index in [-0.39, 0.29) is 5.88 Å². The van der Waals surface area contributed by atoms with Gasteiger partial charge in [-0.1, -0.05) is 0 Å². The maximum Gasteiger partial charge on any atom is 0.224 e. The predicted octanol–water partition coefficient (Wildman–Crippen LogP) is 3.13. The number of imidazole rings is 1. The Hall–Kier alpha value is -2.63. The molecule has 0 fully saturated rings. The van der Waals surface area contributed by atoms with Crippen LogP contribution in [0.3, 0.4) is 0 Å². The van der Waals surface area contributed by atoms with Crippen LogP contribution in [-0.2, 0) is 12.8 Å². The first kappa shape index (κ1) is 14.0. The van der Waals surface area contributed by atoms with Crippen LogP contribution in [0, 0.1) is 5.82 Å². The van der Waals surface area contributed by atoms with Gasteiger partial charge >= 0.3 is 0 Å². The van der Waals surface area contributed by atoms with Gasteiger partial charge in [0.2, 0.25) is 5.88 Å². The summed E-state index contributed by atoms with van der Waals surface area (Å²) in [5, 5.41) is 10.7. The fourth-order valence-electron chi connectivity index (χ4n) is 3.18. The summed E-state index contributed by atoms with van der Waals surface area (Å²) in [5.74, 6) is -0.0271. The molecular formula is C17H16FN3O2. The molecule has 0 spiro atoms. The van der Waals surface area contributed by atoms with E-state index in [1.807, 2.05) is 0 Å². The number of aromatic hydroxyl groups is 1. The van der Waals surface area contributed by atoms with Gasteiger partial charge in [0.05, 0.1) is 19.0 Å². The molecule has 1 aromatic carbocycles. The topological polar surface area (TPSA) is 59.7 Å². The zero-order valence-electron chi connectivity index (χ0n) is 12.7. The largest absolute Gasteiger partial charge is 0.497 e. The van der Waals surface area contributed by atoms with Gasteiger partial charge in [-0.2, -0.15) is 0 Å². The lowest BCUT2D eigenvalue weighted by Crippen LogP contribution is -2.10. The Balaban J connectivity index is 1.95. The summed E-state index contributed by atoms with van der Waals surface area (Å²) < 4.78 is 20.6. The molecule has 0 saturated heterocycles. The minimum Gasteiger partial charge on any atom is -0.497 e. The van der Waals surface area contributed by atoms with E-state index in [1.165, 1.54) is 19.2 Å². The van der Waals surface area contributed by atoms with Crippen LogP contribution < -0.4 is 4.74 Å². The zero-order chi connectivity index (χ0) is 16.0. The first-order valence-electron chi connectivity index (χ1n) is 7.60. The molecule has 1 aliphatic rings. The van der Waals surface area contributed by atoms with Gasteiger partial charge in [0, 0.05) is 17.3 Å². The van der Waals surface area contributed by atoms with Gasteiger partial charge in [-0.3, -0.25) is 9.38 Å². The zero-order valence-corrected chi connectivity index (χ0v) is 12.7. The van der Waals surface area contributed by atoms with E-state index in [2.05, 4.69) is 9.97 Å². The molecule has 0 aliphatic heterocycles. The van der Waals surface area contributed by atoms with Crippen molar-refractivity contribution in [3.63, 3.8) is 0 Å². The van der Waals surface area contributed by atoms with Gasteiger partial charge in [0.1, 0.15) is 17.3 Å². The Labute approximate surface area is 132 Å². The molecule has 4 rings (SSSR count). The summed E-state index contributed by atoms with van der Waals surface area (Å²) in [7, 11) is 1.47. The van der Waals surface area contributed by atoms with Crippen molar-refractivity contribution in [3.8, 4) is 22.9 Å². The van der Waals surface area contributed by atoms with Crippen LogP contribution in [0.25, 0.3) is 16.9 Å². The molecule has 2 aromatic heterocycles. The number of methoxy groups -OCH3 is 1. The number of hydrogen-bond acceptors (Lipinski definition) is 4. The van der Waals surface area contributed by atoms with Crippen molar-refractivity contribution in [3.05, 3.63) is 41.6 Å². The number of aryl methyl sites for hydroxylation is 2. The summed E-state index contributed by atoms with van der Waals surface area (Å²) >= 11 is 0. The lowest BCUT2D eigenvalue weighted by Gasteiger charge is -2.16. The minimum atomic E-state index is -0.434. The average Bonchev–Trinajstić information content (AvgIpc) is 2.91. The second-order valence-electron chi connectivity index (χ2n) is 5.72. The van der Waals surface area contributed by atoms with E-state index in [4.69, 9.17) is 4.74 Å². The van der Waals surface area contributed by atoms with Crippen molar-refractivity contribution in [2.75, 3.05) is 7.11 Å². The third-order valence-electron chi connectivity index (χ3n) is 4.28. The molecule has 0 amide bonds. The Bertz CT molecular complexity index is 904. The van der Waals surface area contributed by atoms with E-state index in [0.717, 1.165) is 37.1 Å². The minimum absolute atomic E-state index is 0.0215. The third-order valence-corrected chi connectivity index (χ3v) is 4.28. The molecule has 0 saturated carbocycles.